The minimum atomic E-state index is -0.337. The Hall–Kier alpha value is -1.62. The maximum absolute atomic E-state index is 14.0. The molecule has 1 aromatic rings. The summed E-state index contributed by atoms with van der Waals surface area (Å²) in [4.78, 5) is 4.24. The maximum atomic E-state index is 14.0. The first kappa shape index (κ1) is 17.7. The van der Waals surface area contributed by atoms with E-state index >= 15 is 0 Å². The van der Waals surface area contributed by atoms with Gasteiger partial charge in [-0.15, -0.1) is 0 Å². The van der Waals surface area contributed by atoms with E-state index in [1.165, 1.54) is 6.07 Å². The van der Waals surface area contributed by atoms with Crippen molar-refractivity contribution in [2.45, 2.75) is 44.6 Å². The van der Waals surface area contributed by atoms with Crippen molar-refractivity contribution in [3.63, 3.8) is 0 Å². The predicted octanol–water partition coefficient (Wildman–Crippen LogP) is 2.84. The summed E-state index contributed by atoms with van der Waals surface area (Å²) < 4.78 is 19.8. The van der Waals surface area contributed by atoms with Crippen LogP contribution in [0.25, 0.3) is 0 Å². The number of hydrogen-bond donors (Lipinski definition) is 2. The average Bonchev–Trinajstić information content (AvgIpc) is 2.95. The van der Waals surface area contributed by atoms with Gasteiger partial charge in [0.05, 0.1) is 5.60 Å². The van der Waals surface area contributed by atoms with Crippen LogP contribution in [0.1, 0.15) is 39.2 Å². The highest BCUT2D eigenvalue weighted by Crippen LogP contribution is 2.25. The Bertz CT molecular complexity index is 551. The van der Waals surface area contributed by atoms with E-state index in [9.17, 15) is 4.39 Å². The van der Waals surface area contributed by atoms with Gasteiger partial charge in [-0.3, -0.25) is 4.99 Å². The molecule has 0 saturated carbocycles. The minimum absolute atomic E-state index is 0.126. The third kappa shape index (κ3) is 4.67. The Morgan fingerprint density at radius 3 is 2.70 bits per heavy atom. The van der Waals surface area contributed by atoms with E-state index in [1.54, 1.807) is 13.1 Å². The molecule has 0 spiro atoms. The fourth-order valence-corrected chi connectivity index (χ4v) is 2.88. The van der Waals surface area contributed by atoms with Gasteiger partial charge in [-0.2, -0.15) is 0 Å². The largest absolute Gasteiger partial charge is 0.373 e. The minimum Gasteiger partial charge on any atom is -0.373 e. The second-order valence-electron chi connectivity index (χ2n) is 7.04. The number of nitrogens with zero attached hydrogens (tertiary/aromatic N) is 1. The molecule has 4 nitrogen and oxygen atoms in total. The first-order chi connectivity index (χ1) is 10.9. The number of nitrogens with one attached hydrogen (secondary N) is 2. The highest BCUT2D eigenvalue weighted by Gasteiger charge is 2.30. The van der Waals surface area contributed by atoms with Crippen molar-refractivity contribution in [2.75, 3.05) is 26.7 Å². The number of rotatable bonds is 5. The van der Waals surface area contributed by atoms with Gasteiger partial charge in [-0.05, 0) is 31.4 Å². The first-order valence-electron chi connectivity index (χ1n) is 8.20. The van der Waals surface area contributed by atoms with Crippen LogP contribution in [0.15, 0.2) is 29.3 Å². The van der Waals surface area contributed by atoms with Crippen molar-refractivity contribution >= 4 is 5.96 Å². The van der Waals surface area contributed by atoms with E-state index in [-0.39, 0.29) is 16.8 Å². The molecule has 1 atom stereocenters. The molecule has 0 aliphatic carbocycles. The van der Waals surface area contributed by atoms with Crippen LogP contribution in [-0.4, -0.2) is 38.3 Å². The molecule has 23 heavy (non-hydrogen) atoms. The van der Waals surface area contributed by atoms with Crippen LogP contribution in [0.5, 0.6) is 0 Å². The lowest BCUT2D eigenvalue weighted by molar-refractivity contribution is 0.0242. The summed E-state index contributed by atoms with van der Waals surface area (Å²) in [6.07, 6.45) is 2.15. The molecule has 0 aromatic heterocycles. The van der Waals surface area contributed by atoms with Crippen LogP contribution >= 0.6 is 0 Å². The van der Waals surface area contributed by atoms with Crippen LogP contribution in [-0.2, 0) is 10.2 Å². The number of halogens is 1. The summed E-state index contributed by atoms with van der Waals surface area (Å²) in [5, 5.41) is 6.60. The third-order valence-electron chi connectivity index (χ3n) is 4.45. The van der Waals surface area contributed by atoms with E-state index in [2.05, 4.69) is 22.5 Å². The van der Waals surface area contributed by atoms with E-state index in [1.807, 2.05) is 26.0 Å². The second-order valence-corrected chi connectivity index (χ2v) is 7.04. The van der Waals surface area contributed by atoms with Gasteiger partial charge in [-0.25, -0.2) is 4.39 Å². The van der Waals surface area contributed by atoms with Crippen LogP contribution in [0.2, 0.25) is 0 Å². The summed E-state index contributed by atoms with van der Waals surface area (Å²) in [6.45, 7) is 8.28. The van der Waals surface area contributed by atoms with E-state index in [0.29, 0.717) is 24.6 Å². The van der Waals surface area contributed by atoms with Gasteiger partial charge < -0.3 is 15.4 Å². The van der Waals surface area contributed by atoms with E-state index in [4.69, 9.17) is 4.74 Å². The normalized spacial score (nSPS) is 22.2. The Morgan fingerprint density at radius 1 is 1.35 bits per heavy atom. The fourth-order valence-electron chi connectivity index (χ4n) is 2.88. The quantitative estimate of drug-likeness (QED) is 0.647. The highest BCUT2D eigenvalue weighted by atomic mass is 19.1. The molecule has 1 aliphatic heterocycles. The summed E-state index contributed by atoms with van der Waals surface area (Å²) in [7, 11) is 1.74. The van der Waals surface area contributed by atoms with Gasteiger partial charge in [0, 0.05) is 32.2 Å². The molecule has 1 fully saturated rings. The molecular weight excluding hydrogens is 293 g/mol. The number of guanidine groups is 1. The second kappa shape index (κ2) is 7.30. The van der Waals surface area contributed by atoms with Crippen molar-refractivity contribution in [3.05, 3.63) is 35.6 Å². The Labute approximate surface area is 138 Å². The van der Waals surface area contributed by atoms with Crippen molar-refractivity contribution in [2.24, 2.45) is 4.99 Å². The number of benzene rings is 1. The molecule has 1 aliphatic rings. The molecule has 1 saturated heterocycles. The monoisotopic (exact) mass is 321 g/mol. The molecular formula is C18H28FN3O. The van der Waals surface area contributed by atoms with E-state index < -0.39 is 0 Å². The zero-order valence-electron chi connectivity index (χ0n) is 14.6. The van der Waals surface area contributed by atoms with Gasteiger partial charge in [0.1, 0.15) is 5.82 Å². The molecule has 128 valence electrons. The SMILES string of the molecule is CN=C(NCC1(C)CCCO1)NCC(C)(C)c1ccccc1F. The Morgan fingerprint density at radius 2 is 2.09 bits per heavy atom. The van der Waals surface area contributed by atoms with Crippen LogP contribution < -0.4 is 10.6 Å². The zero-order chi connectivity index (χ0) is 16.9. The van der Waals surface area contributed by atoms with Crippen molar-refractivity contribution in [1.82, 2.24) is 10.6 Å². The lowest BCUT2D eigenvalue weighted by Gasteiger charge is -2.28. The predicted molar refractivity (Wildman–Crippen MR) is 92.4 cm³/mol. The van der Waals surface area contributed by atoms with Crippen molar-refractivity contribution in [3.8, 4) is 0 Å². The van der Waals surface area contributed by atoms with Gasteiger partial charge in [0.25, 0.3) is 0 Å². The summed E-state index contributed by atoms with van der Waals surface area (Å²) in [6, 6.07) is 6.92. The number of aliphatic imine (C=N–C) groups is 1. The number of ether oxygens (including phenoxy) is 1. The lowest BCUT2D eigenvalue weighted by Crippen LogP contribution is -2.48. The maximum Gasteiger partial charge on any atom is 0.191 e. The van der Waals surface area contributed by atoms with Gasteiger partial charge in [0.2, 0.25) is 0 Å². The zero-order valence-corrected chi connectivity index (χ0v) is 14.6. The van der Waals surface area contributed by atoms with Gasteiger partial charge in [0.15, 0.2) is 5.96 Å². The molecule has 5 heteroatoms. The highest BCUT2D eigenvalue weighted by molar-refractivity contribution is 5.79. The fraction of sp³-hybridized carbons (Fsp3) is 0.611. The Kier molecular flexibility index (Phi) is 5.63. The summed E-state index contributed by atoms with van der Waals surface area (Å²) in [5.74, 6) is 0.542. The number of hydrogen-bond acceptors (Lipinski definition) is 2. The van der Waals surface area contributed by atoms with Crippen LogP contribution in [0, 0.1) is 5.82 Å². The topological polar surface area (TPSA) is 45.7 Å². The molecule has 0 bridgehead atoms. The average molecular weight is 321 g/mol. The first-order valence-corrected chi connectivity index (χ1v) is 8.20. The standard InChI is InChI=1S/C18H28FN3O/c1-17(2,14-8-5-6-9-15(14)19)12-21-16(20-4)22-13-18(3)10-7-11-23-18/h5-6,8-9H,7,10-13H2,1-4H3,(H2,20,21,22). The van der Waals surface area contributed by atoms with Gasteiger partial charge >= 0.3 is 0 Å². The molecule has 1 unspecified atom stereocenters. The Balaban J connectivity index is 1.91. The third-order valence-corrected chi connectivity index (χ3v) is 4.45. The van der Waals surface area contributed by atoms with Crippen molar-refractivity contribution < 1.29 is 9.13 Å². The molecule has 1 aromatic carbocycles. The smallest absolute Gasteiger partial charge is 0.191 e. The molecule has 0 radical (unpaired) electrons. The molecule has 2 rings (SSSR count). The van der Waals surface area contributed by atoms with Crippen molar-refractivity contribution in [1.29, 1.82) is 0 Å². The molecule has 1 heterocycles. The van der Waals surface area contributed by atoms with Gasteiger partial charge in [-0.1, -0.05) is 32.0 Å². The molecule has 2 N–H and O–H groups in total. The molecule has 0 amide bonds. The summed E-state index contributed by atoms with van der Waals surface area (Å²) >= 11 is 0. The lowest BCUT2D eigenvalue weighted by atomic mass is 9.84. The van der Waals surface area contributed by atoms with Crippen LogP contribution in [0.4, 0.5) is 4.39 Å². The van der Waals surface area contributed by atoms with E-state index in [0.717, 1.165) is 19.4 Å². The van der Waals surface area contributed by atoms with Crippen LogP contribution in [0.3, 0.4) is 0 Å². The summed E-state index contributed by atoms with van der Waals surface area (Å²) in [5.41, 5.74) is 0.240.